The van der Waals surface area contributed by atoms with Gasteiger partial charge in [-0.2, -0.15) is 0 Å². The van der Waals surface area contributed by atoms with Crippen molar-refractivity contribution in [1.82, 2.24) is 20.5 Å². The lowest BCUT2D eigenvalue weighted by atomic mass is 9.94. The van der Waals surface area contributed by atoms with Crippen molar-refractivity contribution in [1.29, 1.82) is 0 Å². The average molecular weight is 288 g/mol. The highest BCUT2D eigenvalue weighted by Crippen LogP contribution is 2.26. The van der Waals surface area contributed by atoms with E-state index in [1.165, 1.54) is 0 Å². The molecular weight excluding hydrogens is 272 g/mol. The van der Waals surface area contributed by atoms with Crippen LogP contribution in [0.25, 0.3) is 0 Å². The molecule has 3 heterocycles. The third kappa shape index (κ3) is 2.86. The van der Waals surface area contributed by atoms with Gasteiger partial charge in [0.15, 0.2) is 0 Å². The lowest BCUT2D eigenvalue weighted by Crippen LogP contribution is -2.56. The molecule has 2 aliphatic heterocycles. The van der Waals surface area contributed by atoms with Crippen LogP contribution in [-0.4, -0.2) is 46.9 Å². The molecule has 110 valence electrons. The third-order valence-corrected chi connectivity index (χ3v) is 3.82. The molecule has 21 heavy (non-hydrogen) atoms. The van der Waals surface area contributed by atoms with Crippen LogP contribution in [0.2, 0.25) is 0 Å². The molecule has 4 amide bonds. The van der Waals surface area contributed by atoms with E-state index in [-0.39, 0.29) is 24.2 Å². The number of rotatable bonds is 2. The molecule has 0 bridgehead atoms. The maximum Gasteiger partial charge on any atom is 0.322 e. The fraction of sp³-hybridized carbons (Fsp3) is 0.429. The Bertz CT molecular complexity index is 569. The van der Waals surface area contributed by atoms with Crippen molar-refractivity contribution < 1.29 is 14.4 Å². The standard InChI is InChI=1S/C14H16N4O3/c19-12-5-4-11(16-14(21)17-12)13(20)18-7-9(8-18)10-3-1-2-6-15-10/h1-3,6,9,11H,4-5,7-8H2,(H2,16,17,19,21). The van der Waals surface area contributed by atoms with E-state index in [0.717, 1.165) is 5.69 Å². The van der Waals surface area contributed by atoms with Crippen LogP contribution in [0.3, 0.4) is 0 Å². The van der Waals surface area contributed by atoms with Crippen molar-refractivity contribution >= 4 is 17.8 Å². The van der Waals surface area contributed by atoms with Gasteiger partial charge in [-0.1, -0.05) is 6.07 Å². The number of hydrogen-bond donors (Lipinski definition) is 2. The topological polar surface area (TPSA) is 91.4 Å². The van der Waals surface area contributed by atoms with Gasteiger partial charge in [-0.15, -0.1) is 0 Å². The maximum absolute atomic E-state index is 12.3. The largest absolute Gasteiger partial charge is 0.339 e. The van der Waals surface area contributed by atoms with E-state index in [2.05, 4.69) is 15.6 Å². The Balaban J connectivity index is 1.58. The van der Waals surface area contributed by atoms with Gasteiger partial charge in [0, 0.05) is 37.3 Å². The summed E-state index contributed by atoms with van der Waals surface area (Å²) in [5.74, 6) is -0.235. The summed E-state index contributed by atoms with van der Waals surface area (Å²) in [7, 11) is 0. The molecule has 7 heteroatoms. The molecule has 0 saturated carbocycles. The molecule has 1 atom stereocenters. The van der Waals surface area contributed by atoms with Gasteiger partial charge in [0.2, 0.25) is 11.8 Å². The van der Waals surface area contributed by atoms with E-state index in [4.69, 9.17) is 0 Å². The number of imide groups is 1. The van der Waals surface area contributed by atoms with Crippen LogP contribution in [0.4, 0.5) is 4.79 Å². The number of urea groups is 1. The molecule has 2 aliphatic rings. The molecule has 0 aromatic carbocycles. The number of pyridine rings is 1. The Morgan fingerprint density at radius 2 is 2.10 bits per heavy atom. The second-order valence-corrected chi connectivity index (χ2v) is 5.31. The molecular formula is C14H16N4O3. The van der Waals surface area contributed by atoms with Crippen LogP contribution in [0.1, 0.15) is 24.5 Å². The Kier molecular flexibility index (Phi) is 3.55. The van der Waals surface area contributed by atoms with E-state index in [0.29, 0.717) is 19.5 Å². The molecule has 0 spiro atoms. The molecule has 0 aliphatic carbocycles. The Hall–Kier alpha value is -2.44. The monoisotopic (exact) mass is 288 g/mol. The van der Waals surface area contributed by atoms with Crippen molar-refractivity contribution in [3.05, 3.63) is 30.1 Å². The number of nitrogens with one attached hydrogen (secondary N) is 2. The van der Waals surface area contributed by atoms with Gasteiger partial charge in [-0.25, -0.2) is 4.79 Å². The molecule has 1 aromatic rings. The maximum atomic E-state index is 12.3. The lowest BCUT2D eigenvalue weighted by molar-refractivity contribution is -0.137. The average Bonchev–Trinajstić information content (AvgIpc) is 2.59. The second kappa shape index (κ2) is 5.51. The summed E-state index contributed by atoms with van der Waals surface area (Å²) in [6.45, 7) is 1.20. The first-order valence-corrected chi connectivity index (χ1v) is 6.93. The molecule has 2 N–H and O–H groups in total. The van der Waals surface area contributed by atoms with Crippen molar-refractivity contribution in [3.8, 4) is 0 Å². The SMILES string of the molecule is O=C1CCC(C(=O)N2CC(c3ccccn3)C2)NC(=O)N1. The van der Waals surface area contributed by atoms with Crippen molar-refractivity contribution in [3.63, 3.8) is 0 Å². The Labute approximate surface area is 121 Å². The number of amides is 4. The van der Waals surface area contributed by atoms with E-state index >= 15 is 0 Å². The minimum absolute atomic E-state index is 0.132. The quantitative estimate of drug-likeness (QED) is 0.801. The first kappa shape index (κ1) is 13.5. The molecule has 3 rings (SSSR count). The van der Waals surface area contributed by atoms with Crippen LogP contribution >= 0.6 is 0 Å². The summed E-state index contributed by atoms with van der Waals surface area (Å²) in [4.78, 5) is 40.9. The summed E-state index contributed by atoms with van der Waals surface area (Å²) >= 11 is 0. The summed E-state index contributed by atoms with van der Waals surface area (Å²) < 4.78 is 0. The number of carbonyl (C=O) groups is 3. The number of hydrogen-bond acceptors (Lipinski definition) is 4. The van der Waals surface area contributed by atoms with Crippen molar-refractivity contribution in [2.45, 2.75) is 24.8 Å². The summed E-state index contributed by atoms with van der Waals surface area (Å²) in [6.07, 6.45) is 2.25. The van der Waals surface area contributed by atoms with Crippen LogP contribution in [0, 0.1) is 0 Å². The van der Waals surface area contributed by atoms with Gasteiger partial charge in [-0.05, 0) is 18.6 Å². The smallest absolute Gasteiger partial charge is 0.322 e. The van der Waals surface area contributed by atoms with E-state index in [9.17, 15) is 14.4 Å². The minimum Gasteiger partial charge on any atom is -0.339 e. The zero-order valence-electron chi connectivity index (χ0n) is 11.4. The first-order chi connectivity index (χ1) is 10.1. The molecule has 7 nitrogen and oxygen atoms in total. The van der Waals surface area contributed by atoms with Gasteiger partial charge < -0.3 is 10.2 Å². The molecule has 1 unspecified atom stereocenters. The molecule has 0 radical (unpaired) electrons. The number of likely N-dealkylation sites (tertiary alicyclic amines) is 1. The minimum atomic E-state index is -0.624. The highest BCUT2D eigenvalue weighted by molar-refractivity contribution is 5.98. The summed E-state index contributed by atoms with van der Waals surface area (Å²) in [5.41, 5.74) is 0.975. The van der Waals surface area contributed by atoms with Crippen molar-refractivity contribution in [2.24, 2.45) is 0 Å². The van der Waals surface area contributed by atoms with Crippen LogP contribution < -0.4 is 10.6 Å². The molecule has 2 saturated heterocycles. The van der Waals surface area contributed by atoms with Crippen LogP contribution in [0.15, 0.2) is 24.4 Å². The predicted octanol–water partition coefficient (Wildman–Crippen LogP) is -0.00440. The zero-order chi connectivity index (χ0) is 14.8. The number of carbonyl (C=O) groups excluding carboxylic acids is 3. The number of nitrogens with zero attached hydrogens (tertiary/aromatic N) is 2. The third-order valence-electron chi connectivity index (χ3n) is 3.82. The fourth-order valence-corrected chi connectivity index (χ4v) is 2.60. The molecule has 2 fully saturated rings. The highest BCUT2D eigenvalue weighted by atomic mass is 16.2. The predicted molar refractivity (Wildman–Crippen MR) is 73.3 cm³/mol. The Morgan fingerprint density at radius 3 is 2.81 bits per heavy atom. The van der Waals surface area contributed by atoms with E-state index in [1.54, 1.807) is 11.1 Å². The highest BCUT2D eigenvalue weighted by Gasteiger charge is 2.37. The number of aromatic nitrogens is 1. The van der Waals surface area contributed by atoms with Crippen LogP contribution in [-0.2, 0) is 9.59 Å². The van der Waals surface area contributed by atoms with Gasteiger partial charge in [-0.3, -0.25) is 19.9 Å². The van der Waals surface area contributed by atoms with E-state index < -0.39 is 12.1 Å². The van der Waals surface area contributed by atoms with Gasteiger partial charge in [0.05, 0.1) is 0 Å². The van der Waals surface area contributed by atoms with Crippen molar-refractivity contribution in [2.75, 3.05) is 13.1 Å². The fourth-order valence-electron chi connectivity index (χ4n) is 2.60. The van der Waals surface area contributed by atoms with Gasteiger partial charge >= 0.3 is 6.03 Å². The van der Waals surface area contributed by atoms with Crippen LogP contribution in [0.5, 0.6) is 0 Å². The first-order valence-electron chi connectivity index (χ1n) is 6.93. The normalized spacial score (nSPS) is 22.9. The summed E-state index contributed by atoms with van der Waals surface area (Å²) in [6, 6.07) is 4.51. The van der Waals surface area contributed by atoms with Gasteiger partial charge in [0.1, 0.15) is 6.04 Å². The Morgan fingerprint density at radius 1 is 1.29 bits per heavy atom. The van der Waals surface area contributed by atoms with Gasteiger partial charge in [0.25, 0.3) is 0 Å². The summed E-state index contributed by atoms with van der Waals surface area (Å²) in [5, 5.41) is 4.70. The zero-order valence-corrected chi connectivity index (χ0v) is 11.4. The van der Waals surface area contributed by atoms with E-state index in [1.807, 2.05) is 18.2 Å². The lowest BCUT2D eigenvalue weighted by Gasteiger charge is -2.40. The molecule has 1 aromatic heterocycles. The second-order valence-electron chi connectivity index (χ2n) is 5.31.